The Labute approximate surface area is 139 Å². The number of aryl methyl sites for hydroxylation is 1. The zero-order chi connectivity index (χ0) is 18.2. The number of carbonyl (C=O) groups is 2. The maximum absolute atomic E-state index is 12.8. The highest BCUT2D eigenvalue weighted by Gasteiger charge is 2.28. The number of nitrogens with zero attached hydrogens (tertiary/aromatic N) is 4. The molecule has 0 amide bonds. The van der Waals surface area contributed by atoms with E-state index in [9.17, 15) is 9.59 Å². The van der Waals surface area contributed by atoms with E-state index >= 15 is 0 Å². The van der Waals surface area contributed by atoms with Gasteiger partial charge in [0.25, 0.3) is 5.91 Å². The lowest BCUT2D eigenvalue weighted by atomic mass is 10.1. The van der Waals surface area contributed by atoms with E-state index in [1.807, 2.05) is 20.8 Å². The van der Waals surface area contributed by atoms with Crippen molar-refractivity contribution in [1.82, 2.24) is 19.6 Å². The SMILES string of the molecule is CCOC(=O)c1cnn(C(=O)c2c(C)nn(C(C)(C)C)c2N)c1N. The van der Waals surface area contributed by atoms with Crippen LogP contribution in [0.3, 0.4) is 0 Å². The van der Waals surface area contributed by atoms with Crippen molar-refractivity contribution in [2.75, 3.05) is 18.1 Å². The molecule has 0 aromatic carbocycles. The fraction of sp³-hybridized carbons (Fsp3) is 0.467. The van der Waals surface area contributed by atoms with Crippen molar-refractivity contribution in [1.29, 1.82) is 0 Å². The van der Waals surface area contributed by atoms with Crippen LogP contribution in [0.2, 0.25) is 0 Å². The molecule has 0 fully saturated rings. The van der Waals surface area contributed by atoms with Gasteiger partial charge >= 0.3 is 5.97 Å². The first-order chi connectivity index (χ1) is 11.1. The number of aromatic nitrogens is 4. The van der Waals surface area contributed by atoms with Gasteiger partial charge in [0.1, 0.15) is 22.8 Å². The number of nitrogen functional groups attached to an aromatic ring is 2. The lowest BCUT2D eigenvalue weighted by Crippen LogP contribution is -2.25. The summed E-state index contributed by atoms with van der Waals surface area (Å²) >= 11 is 0. The summed E-state index contributed by atoms with van der Waals surface area (Å²) in [6.45, 7) is 9.32. The zero-order valence-electron chi connectivity index (χ0n) is 14.5. The van der Waals surface area contributed by atoms with Gasteiger partial charge in [-0.05, 0) is 34.6 Å². The Balaban J connectivity index is 2.48. The monoisotopic (exact) mass is 334 g/mol. The summed E-state index contributed by atoms with van der Waals surface area (Å²) < 4.78 is 7.38. The van der Waals surface area contributed by atoms with Crippen LogP contribution < -0.4 is 11.5 Å². The molecule has 0 unspecified atom stereocenters. The van der Waals surface area contributed by atoms with E-state index in [0.29, 0.717) is 5.69 Å². The third-order valence-electron chi connectivity index (χ3n) is 3.44. The average molecular weight is 334 g/mol. The first-order valence-electron chi connectivity index (χ1n) is 7.50. The van der Waals surface area contributed by atoms with E-state index in [2.05, 4.69) is 10.2 Å². The predicted molar refractivity (Wildman–Crippen MR) is 88.7 cm³/mol. The molecule has 2 aromatic rings. The smallest absolute Gasteiger partial charge is 0.343 e. The first-order valence-corrected chi connectivity index (χ1v) is 7.50. The summed E-state index contributed by atoms with van der Waals surface area (Å²) in [5, 5.41) is 8.22. The van der Waals surface area contributed by atoms with Gasteiger partial charge in [-0.25, -0.2) is 9.48 Å². The third-order valence-corrected chi connectivity index (χ3v) is 3.44. The van der Waals surface area contributed by atoms with Crippen molar-refractivity contribution in [3.8, 4) is 0 Å². The molecule has 0 atom stereocenters. The molecule has 0 aliphatic rings. The molecule has 0 spiro atoms. The molecule has 130 valence electrons. The number of esters is 1. The Hall–Kier alpha value is -2.84. The molecule has 0 saturated heterocycles. The van der Waals surface area contributed by atoms with Gasteiger partial charge in [0, 0.05) is 0 Å². The lowest BCUT2D eigenvalue weighted by Gasteiger charge is -2.20. The van der Waals surface area contributed by atoms with Gasteiger partial charge in [-0.1, -0.05) is 0 Å². The Morgan fingerprint density at radius 1 is 1.25 bits per heavy atom. The van der Waals surface area contributed by atoms with Gasteiger partial charge in [0.05, 0.1) is 24.0 Å². The summed E-state index contributed by atoms with van der Waals surface area (Å²) in [5.74, 6) is -1.06. The molecule has 4 N–H and O–H groups in total. The molecule has 9 heteroatoms. The van der Waals surface area contributed by atoms with E-state index in [1.165, 1.54) is 6.20 Å². The number of anilines is 2. The normalized spacial score (nSPS) is 11.5. The molecule has 2 rings (SSSR count). The van der Waals surface area contributed by atoms with E-state index in [0.717, 1.165) is 4.68 Å². The van der Waals surface area contributed by atoms with Crippen molar-refractivity contribution >= 4 is 23.5 Å². The van der Waals surface area contributed by atoms with Crippen molar-refractivity contribution < 1.29 is 14.3 Å². The highest BCUT2D eigenvalue weighted by Crippen LogP contribution is 2.25. The van der Waals surface area contributed by atoms with Gasteiger partial charge < -0.3 is 16.2 Å². The Morgan fingerprint density at radius 2 is 1.88 bits per heavy atom. The van der Waals surface area contributed by atoms with Gasteiger partial charge in [-0.3, -0.25) is 4.79 Å². The van der Waals surface area contributed by atoms with Crippen molar-refractivity contribution in [2.45, 2.75) is 40.2 Å². The number of hydrogen-bond donors (Lipinski definition) is 2. The number of carbonyl (C=O) groups excluding carboxylic acids is 2. The van der Waals surface area contributed by atoms with Crippen molar-refractivity contribution in [3.05, 3.63) is 23.0 Å². The number of rotatable bonds is 3. The maximum Gasteiger partial charge on any atom is 0.343 e. The lowest BCUT2D eigenvalue weighted by molar-refractivity contribution is 0.0527. The molecule has 0 aliphatic heterocycles. The second-order valence-corrected chi connectivity index (χ2v) is 6.31. The highest BCUT2D eigenvalue weighted by molar-refractivity contribution is 6.04. The summed E-state index contributed by atoms with van der Waals surface area (Å²) in [6, 6.07) is 0. The van der Waals surface area contributed by atoms with Gasteiger partial charge in [-0.2, -0.15) is 14.9 Å². The van der Waals surface area contributed by atoms with Gasteiger partial charge in [0.15, 0.2) is 0 Å². The topological polar surface area (TPSA) is 131 Å². The van der Waals surface area contributed by atoms with Crippen LogP contribution in [0.15, 0.2) is 6.20 Å². The molecule has 0 saturated carbocycles. The van der Waals surface area contributed by atoms with E-state index < -0.39 is 11.9 Å². The van der Waals surface area contributed by atoms with Crippen LogP contribution in [0.1, 0.15) is 54.1 Å². The Kier molecular flexibility index (Phi) is 4.37. The summed E-state index contributed by atoms with van der Waals surface area (Å²) in [6.07, 6.45) is 1.20. The van der Waals surface area contributed by atoms with Crippen molar-refractivity contribution in [3.63, 3.8) is 0 Å². The molecule has 9 nitrogen and oxygen atoms in total. The molecule has 0 bridgehead atoms. The largest absolute Gasteiger partial charge is 0.462 e. The van der Waals surface area contributed by atoms with E-state index in [1.54, 1.807) is 18.5 Å². The van der Waals surface area contributed by atoms with Crippen LogP contribution >= 0.6 is 0 Å². The van der Waals surface area contributed by atoms with Gasteiger partial charge in [-0.15, -0.1) is 0 Å². The Morgan fingerprint density at radius 3 is 2.38 bits per heavy atom. The fourth-order valence-electron chi connectivity index (χ4n) is 2.31. The molecule has 24 heavy (non-hydrogen) atoms. The molecular formula is C15H22N6O3. The number of nitrogens with two attached hydrogens (primary N) is 2. The maximum atomic E-state index is 12.8. The molecule has 0 aliphatic carbocycles. The minimum absolute atomic E-state index is 0.0321. The Bertz CT molecular complexity index is 797. The standard InChI is InChI=1S/C15H22N6O3/c1-6-24-14(23)9-7-18-20(11(9)16)13(22)10-8(2)19-21(12(10)17)15(3,4)5/h7H,6,16-17H2,1-5H3. The van der Waals surface area contributed by atoms with E-state index in [-0.39, 0.29) is 34.9 Å². The number of hydrogen-bond acceptors (Lipinski definition) is 7. The molecule has 2 aromatic heterocycles. The zero-order valence-corrected chi connectivity index (χ0v) is 14.5. The minimum atomic E-state index is -0.635. The quantitative estimate of drug-likeness (QED) is 0.805. The van der Waals surface area contributed by atoms with Crippen LogP contribution in [-0.4, -0.2) is 38.0 Å². The predicted octanol–water partition coefficient (Wildman–Crippen LogP) is 1.17. The number of ether oxygens (including phenoxy) is 1. The van der Waals surface area contributed by atoms with Crippen LogP contribution in [0.4, 0.5) is 11.6 Å². The second-order valence-electron chi connectivity index (χ2n) is 6.31. The summed E-state index contributed by atoms with van der Waals surface area (Å²) in [5.41, 5.74) is 12.3. The minimum Gasteiger partial charge on any atom is -0.462 e. The van der Waals surface area contributed by atoms with Gasteiger partial charge in [0.2, 0.25) is 0 Å². The van der Waals surface area contributed by atoms with E-state index in [4.69, 9.17) is 16.2 Å². The molecule has 0 radical (unpaired) electrons. The molecular weight excluding hydrogens is 312 g/mol. The van der Waals surface area contributed by atoms with Crippen LogP contribution in [0, 0.1) is 6.92 Å². The van der Waals surface area contributed by atoms with Crippen LogP contribution in [-0.2, 0) is 10.3 Å². The van der Waals surface area contributed by atoms with Crippen molar-refractivity contribution in [2.24, 2.45) is 0 Å². The average Bonchev–Trinajstić information content (AvgIpc) is 2.99. The first kappa shape index (κ1) is 17.5. The summed E-state index contributed by atoms with van der Waals surface area (Å²) in [7, 11) is 0. The van der Waals surface area contributed by atoms with Crippen LogP contribution in [0.25, 0.3) is 0 Å². The third kappa shape index (κ3) is 2.84. The highest BCUT2D eigenvalue weighted by atomic mass is 16.5. The molecule has 2 heterocycles. The summed E-state index contributed by atoms with van der Waals surface area (Å²) in [4.78, 5) is 24.6. The fourth-order valence-corrected chi connectivity index (χ4v) is 2.31. The second kappa shape index (κ2) is 5.99. The van der Waals surface area contributed by atoms with Crippen LogP contribution in [0.5, 0.6) is 0 Å².